The van der Waals surface area contributed by atoms with Gasteiger partial charge < -0.3 is 30.3 Å². The van der Waals surface area contributed by atoms with Gasteiger partial charge in [-0.05, 0) is 30.5 Å². The minimum atomic E-state index is -0.00800. The lowest BCUT2D eigenvalue weighted by Gasteiger charge is -2.17. The number of carbonyl (C=O) groups excluding carboxylic acids is 1. The van der Waals surface area contributed by atoms with E-state index in [9.17, 15) is 4.79 Å². The normalized spacial score (nSPS) is 15.6. The SMILES string of the molecule is CCOc1cc(O[C@@H]2CCOC2)cc2ncnc(Nc3ccc(CC(=O)CN(N)/C=C(\N)C(C)C)cc3)c12. The van der Waals surface area contributed by atoms with Gasteiger partial charge in [-0.3, -0.25) is 4.79 Å². The molecule has 0 aliphatic carbocycles. The van der Waals surface area contributed by atoms with Crippen LogP contribution in [-0.2, 0) is 16.0 Å². The molecule has 5 N–H and O–H groups in total. The average Bonchev–Trinajstić information content (AvgIpc) is 3.38. The Morgan fingerprint density at radius 2 is 2.05 bits per heavy atom. The molecule has 2 aromatic carbocycles. The number of ether oxygens (including phenoxy) is 3. The first-order chi connectivity index (χ1) is 18.3. The summed E-state index contributed by atoms with van der Waals surface area (Å²) in [5.41, 5.74) is 8.97. The molecule has 3 aromatic rings. The highest BCUT2D eigenvalue weighted by Gasteiger charge is 2.20. The molecule has 0 saturated carbocycles. The van der Waals surface area contributed by atoms with Gasteiger partial charge in [0.1, 0.15) is 29.7 Å². The summed E-state index contributed by atoms with van der Waals surface area (Å²) in [5.74, 6) is 8.02. The number of Topliss-reactive ketones (excluding diaryl/α,β-unsaturated/α-hetero) is 1. The molecule has 1 atom stereocenters. The number of hydrogen-bond acceptors (Lipinski definition) is 10. The quantitative estimate of drug-likeness (QED) is 0.239. The minimum Gasteiger partial charge on any atom is -0.493 e. The third kappa shape index (κ3) is 7.11. The summed E-state index contributed by atoms with van der Waals surface area (Å²) >= 11 is 0. The number of hydrogen-bond donors (Lipinski definition) is 3. The number of hydrazine groups is 1. The Hall–Kier alpha value is -3.89. The highest BCUT2D eigenvalue weighted by atomic mass is 16.5. The van der Waals surface area contributed by atoms with Crippen LogP contribution in [0.3, 0.4) is 0 Å². The fourth-order valence-corrected chi connectivity index (χ4v) is 4.08. The Bertz CT molecular complexity index is 1270. The molecule has 4 rings (SSSR count). The fraction of sp³-hybridized carbons (Fsp3) is 0.393. The standard InChI is InChI=1S/C28H36N6O4/c1-4-37-26-13-23(38-22-9-10-36-16-22)12-25-27(26)28(32-17-31-25)33-20-7-5-19(6-8-20)11-21(35)14-34(30)15-24(29)18(2)3/h5-8,12-13,15,17-18,22H,4,9-11,14,16,29-30H2,1-3H3,(H,31,32,33)/b24-15-/t22-/m1/s1. The third-order valence-electron chi connectivity index (χ3n) is 6.12. The van der Waals surface area contributed by atoms with Gasteiger partial charge in [0, 0.05) is 42.6 Å². The summed E-state index contributed by atoms with van der Waals surface area (Å²) in [6.45, 7) is 7.72. The van der Waals surface area contributed by atoms with Gasteiger partial charge in [-0.2, -0.15) is 0 Å². The molecule has 1 aromatic heterocycles. The predicted octanol–water partition coefficient (Wildman–Crippen LogP) is 3.68. The van der Waals surface area contributed by atoms with Gasteiger partial charge in [0.05, 0.1) is 37.3 Å². The van der Waals surface area contributed by atoms with Crippen molar-refractivity contribution in [2.45, 2.75) is 39.7 Å². The van der Waals surface area contributed by atoms with Crippen molar-refractivity contribution in [1.29, 1.82) is 0 Å². The molecule has 1 aliphatic heterocycles. The van der Waals surface area contributed by atoms with Crippen molar-refractivity contribution in [1.82, 2.24) is 15.0 Å². The van der Waals surface area contributed by atoms with Crippen LogP contribution in [0.4, 0.5) is 11.5 Å². The first-order valence-corrected chi connectivity index (χ1v) is 12.8. The zero-order chi connectivity index (χ0) is 27.1. The minimum absolute atomic E-state index is 0.00800. The first kappa shape index (κ1) is 27.2. The van der Waals surface area contributed by atoms with E-state index in [0.29, 0.717) is 48.4 Å². The van der Waals surface area contributed by atoms with E-state index in [0.717, 1.165) is 23.1 Å². The Morgan fingerprint density at radius 3 is 2.74 bits per heavy atom. The molecule has 2 heterocycles. The van der Waals surface area contributed by atoms with Gasteiger partial charge in [-0.25, -0.2) is 15.8 Å². The lowest BCUT2D eigenvalue weighted by atomic mass is 10.1. The largest absolute Gasteiger partial charge is 0.493 e. The average molecular weight is 521 g/mol. The smallest absolute Gasteiger partial charge is 0.158 e. The number of nitrogens with zero attached hydrogens (tertiary/aromatic N) is 3. The lowest BCUT2D eigenvalue weighted by Crippen LogP contribution is -2.33. The maximum absolute atomic E-state index is 12.5. The van der Waals surface area contributed by atoms with Crippen LogP contribution in [0.5, 0.6) is 11.5 Å². The van der Waals surface area contributed by atoms with Gasteiger partial charge in [0.2, 0.25) is 0 Å². The molecule has 38 heavy (non-hydrogen) atoms. The number of nitrogens with one attached hydrogen (secondary N) is 1. The van der Waals surface area contributed by atoms with E-state index in [1.165, 1.54) is 11.3 Å². The zero-order valence-corrected chi connectivity index (χ0v) is 22.1. The molecule has 1 fully saturated rings. The van der Waals surface area contributed by atoms with E-state index >= 15 is 0 Å². The molecule has 0 spiro atoms. The lowest BCUT2D eigenvalue weighted by molar-refractivity contribution is -0.119. The van der Waals surface area contributed by atoms with E-state index in [1.54, 1.807) is 6.20 Å². The second kappa shape index (κ2) is 12.6. The predicted molar refractivity (Wildman–Crippen MR) is 147 cm³/mol. The van der Waals surface area contributed by atoms with Crippen LogP contribution in [0.15, 0.2) is 54.6 Å². The van der Waals surface area contributed by atoms with Gasteiger partial charge in [0.25, 0.3) is 0 Å². The highest BCUT2D eigenvalue weighted by molar-refractivity contribution is 5.96. The van der Waals surface area contributed by atoms with Crippen LogP contribution in [0.1, 0.15) is 32.8 Å². The summed E-state index contributed by atoms with van der Waals surface area (Å²) in [6, 6.07) is 11.4. The van der Waals surface area contributed by atoms with Crippen molar-refractivity contribution in [3.8, 4) is 11.5 Å². The molecule has 10 nitrogen and oxygen atoms in total. The summed E-state index contributed by atoms with van der Waals surface area (Å²) < 4.78 is 17.5. The maximum atomic E-state index is 12.5. The highest BCUT2D eigenvalue weighted by Crippen LogP contribution is 2.36. The van der Waals surface area contributed by atoms with Crippen LogP contribution < -0.4 is 26.4 Å². The number of ketones is 1. The summed E-state index contributed by atoms with van der Waals surface area (Å²) in [6.07, 6.45) is 4.26. The van der Waals surface area contributed by atoms with Crippen molar-refractivity contribution in [2.24, 2.45) is 17.5 Å². The maximum Gasteiger partial charge on any atom is 0.158 e. The monoisotopic (exact) mass is 520 g/mol. The van der Waals surface area contributed by atoms with Gasteiger partial charge in [-0.15, -0.1) is 0 Å². The zero-order valence-electron chi connectivity index (χ0n) is 22.1. The Labute approximate surface area is 222 Å². The van der Waals surface area contributed by atoms with Crippen molar-refractivity contribution in [3.63, 3.8) is 0 Å². The van der Waals surface area contributed by atoms with E-state index in [4.69, 9.17) is 25.8 Å². The number of allylic oxidation sites excluding steroid dienone is 1. The molecule has 0 unspecified atom stereocenters. The van der Waals surface area contributed by atoms with Crippen molar-refractivity contribution in [3.05, 3.63) is 60.2 Å². The molecule has 1 saturated heterocycles. The number of carbonyl (C=O) groups is 1. The number of anilines is 2. The summed E-state index contributed by atoms with van der Waals surface area (Å²) in [7, 11) is 0. The fourth-order valence-electron chi connectivity index (χ4n) is 4.08. The summed E-state index contributed by atoms with van der Waals surface area (Å²) in [4.78, 5) is 21.4. The van der Waals surface area contributed by atoms with E-state index in [-0.39, 0.29) is 30.8 Å². The Balaban J connectivity index is 1.46. The van der Waals surface area contributed by atoms with Crippen LogP contribution >= 0.6 is 0 Å². The molecule has 202 valence electrons. The number of nitrogens with two attached hydrogens (primary N) is 2. The van der Waals surface area contributed by atoms with Crippen molar-refractivity contribution >= 4 is 28.2 Å². The molecule has 0 amide bonds. The van der Waals surface area contributed by atoms with Gasteiger partial charge in [0.15, 0.2) is 5.78 Å². The molecule has 10 heteroatoms. The number of rotatable bonds is 12. The third-order valence-corrected chi connectivity index (χ3v) is 6.12. The van der Waals surface area contributed by atoms with Crippen molar-refractivity contribution in [2.75, 3.05) is 31.7 Å². The Morgan fingerprint density at radius 1 is 1.26 bits per heavy atom. The topological polar surface area (TPSA) is 138 Å². The van der Waals surface area contributed by atoms with Crippen LogP contribution in [0, 0.1) is 5.92 Å². The molecule has 0 radical (unpaired) electrons. The van der Waals surface area contributed by atoms with Crippen molar-refractivity contribution < 1.29 is 19.0 Å². The molecule has 1 aliphatic rings. The number of aromatic nitrogens is 2. The van der Waals surface area contributed by atoms with Crippen LogP contribution in [0.2, 0.25) is 0 Å². The van der Waals surface area contributed by atoms with Crippen LogP contribution in [0.25, 0.3) is 10.9 Å². The number of fused-ring (bicyclic) bond motifs is 1. The van der Waals surface area contributed by atoms with Crippen LogP contribution in [-0.4, -0.2) is 53.2 Å². The molecular weight excluding hydrogens is 484 g/mol. The second-order valence-corrected chi connectivity index (χ2v) is 9.57. The van der Waals surface area contributed by atoms with Gasteiger partial charge >= 0.3 is 0 Å². The Kier molecular flexibility index (Phi) is 8.98. The molecular formula is C28H36N6O4. The summed E-state index contributed by atoms with van der Waals surface area (Å²) in [5, 5.41) is 5.46. The van der Waals surface area contributed by atoms with E-state index in [1.807, 2.05) is 57.2 Å². The second-order valence-electron chi connectivity index (χ2n) is 9.57. The van der Waals surface area contributed by atoms with E-state index < -0.39 is 0 Å². The molecule has 0 bridgehead atoms. The van der Waals surface area contributed by atoms with E-state index in [2.05, 4.69) is 15.3 Å². The first-order valence-electron chi connectivity index (χ1n) is 12.8. The number of benzene rings is 2. The van der Waals surface area contributed by atoms with Gasteiger partial charge in [-0.1, -0.05) is 26.0 Å².